The van der Waals surface area contributed by atoms with Crippen LogP contribution < -0.4 is 5.32 Å². The van der Waals surface area contributed by atoms with E-state index in [2.05, 4.69) is 74.6 Å². The van der Waals surface area contributed by atoms with Crippen molar-refractivity contribution < 1.29 is 0 Å². The number of rotatable bonds is 6. The van der Waals surface area contributed by atoms with E-state index in [1.165, 1.54) is 22.3 Å². The molecule has 0 fully saturated rings. The maximum Gasteiger partial charge on any atom is 0.0148 e. The molecule has 0 heterocycles. The lowest BCUT2D eigenvalue weighted by atomic mass is 9.98. The van der Waals surface area contributed by atoms with E-state index < -0.39 is 0 Å². The quantitative estimate of drug-likeness (QED) is 0.832. The van der Waals surface area contributed by atoms with Crippen molar-refractivity contribution in [1.29, 1.82) is 0 Å². The Morgan fingerprint density at radius 2 is 1.15 bits per heavy atom. The van der Waals surface area contributed by atoms with E-state index in [0.29, 0.717) is 6.04 Å². The molecule has 0 spiro atoms. The van der Waals surface area contributed by atoms with Gasteiger partial charge >= 0.3 is 0 Å². The van der Waals surface area contributed by atoms with Gasteiger partial charge in [0, 0.05) is 6.04 Å². The Kier molecular flexibility index (Phi) is 5.37. The largest absolute Gasteiger partial charge is 0.314 e. The van der Waals surface area contributed by atoms with Gasteiger partial charge in [0.15, 0.2) is 0 Å². The Morgan fingerprint density at radius 1 is 0.750 bits per heavy atom. The van der Waals surface area contributed by atoms with Crippen molar-refractivity contribution in [3.63, 3.8) is 0 Å². The second-order valence-corrected chi connectivity index (χ2v) is 5.63. The number of likely N-dealkylation sites (N-methyl/N-ethyl adjacent to an activating group) is 1. The van der Waals surface area contributed by atoms with Crippen LogP contribution >= 0.6 is 0 Å². The van der Waals surface area contributed by atoms with E-state index in [-0.39, 0.29) is 0 Å². The topological polar surface area (TPSA) is 12.0 Å². The van der Waals surface area contributed by atoms with Crippen LogP contribution in [0.4, 0.5) is 0 Å². The van der Waals surface area contributed by atoms with Crippen molar-refractivity contribution in [2.24, 2.45) is 0 Å². The molecule has 0 saturated heterocycles. The maximum absolute atomic E-state index is 3.61. The molecule has 1 N–H and O–H groups in total. The molecule has 0 bridgehead atoms. The predicted octanol–water partition coefficient (Wildman–Crippen LogP) is 4.07. The molecule has 0 amide bonds. The smallest absolute Gasteiger partial charge is 0.0148 e. The molecule has 2 aromatic rings. The lowest BCUT2D eigenvalue weighted by Crippen LogP contribution is -2.33. The molecule has 1 nitrogen and oxygen atoms in total. The first-order chi connectivity index (χ1) is 9.67. The van der Waals surface area contributed by atoms with Gasteiger partial charge in [0.2, 0.25) is 0 Å². The van der Waals surface area contributed by atoms with E-state index in [9.17, 15) is 0 Å². The number of benzene rings is 2. The molecule has 0 atom stereocenters. The lowest BCUT2D eigenvalue weighted by molar-refractivity contribution is 0.521. The number of hydrogen-bond acceptors (Lipinski definition) is 1. The minimum absolute atomic E-state index is 0.505. The zero-order chi connectivity index (χ0) is 14.4. The summed E-state index contributed by atoms with van der Waals surface area (Å²) in [5, 5.41) is 3.61. The molecule has 0 saturated carbocycles. The SMILES string of the molecule is CCNC(Cc1ccc(C)cc1)Cc1ccc(C)cc1. The van der Waals surface area contributed by atoms with Gasteiger partial charge in [0.05, 0.1) is 0 Å². The van der Waals surface area contributed by atoms with Crippen molar-refractivity contribution in [1.82, 2.24) is 5.32 Å². The second-order valence-electron chi connectivity index (χ2n) is 5.63. The molecule has 0 radical (unpaired) electrons. The highest BCUT2D eigenvalue weighted by Gasteiger charge is 2.09. The summed E-state index contributed by atoms with van der Waals surface area (Å²) in [6.45, 7) is 7.47. The summed E-state index contributed by atoms with van der Waals surface area (Å²) >= 11 is 0. The highest BCUT2D eigenvalue weighted by Crippen LogP contribution is 2.11. The Hall–Kier alpha value is -1.60. The summed E-state index contributed by atoms with van der Waals surface area (Å²) < 4.78 is 0. The van der Waals surface area contributed by atoms with E-state index >= 15 is 0 Å². The molecular formula is C19H25N. The van der Waals surface area contributed by atoms with Crippen LogP contribution in [-0.4, -0.2) is 12.6 Å². The lowest BCUT2D eigenvalue weighted by Gasteiger charge is -2.18. The van der Waals surface area contributed by atoms with Crippen molar-refractivity contribution in [2.75, 3.05) is 6.54 Å². The predicted molar refractivity (Wildman–Crippen MR) is 87.2 cm³/mol. The minimum atomic E-state index is 0.505. The molecular weight excluding hydrogens is 242 g/mol. The molecule has 0 unspecified atom stereocenters. The average Bonchev–Trinajstić information content (AvgIpc) is 2.44. The van der Waals surface area contributed by atoms with Crippen LogP contribution in [0.15, 0.2) is 48.5 Å². The van der Waals surface area contributed by atoms with Crippen LogP contribution in [0.5, 0.6) is 0 Å². The summed E-state index contributed by atoms with van der Waals surface area (Å²) in [5.41, 5.74) is 5.47. The van der Waals surface area contributed by atoms with Crippen LogP contribution in [-0.2, 0) is 12.8 Å². The number of aryl methyl sites for hydroxylation is 2. The molecule has 20 heavy (non-hydrogen) atoms. The fourth-order valence-electron chi connectivity index (χ4n) is 2.52. The number of nitrogens with one attached hydrogen (secondary N) is 1. The second kappa shape index (κ2) is 7.25. The van der Waals surface area contributed by atoms with Crippen LogP contribution in [0.3, 0.4) is 0 Å². The third-order valence-electron chi connectivity index (χ3n) is 3.70. The van der Waals surface area contributed by atoms with Gasteiger partial charge in [-0.3, -0.25) is 0 Å². The number of hydrogen-bond donors (Lipinski definition) is 1. The Labute approximate surface area is 123 Å². The summed E-state index contributed by atoms with van der Waals surface area (Å²) in [6, 6.07) is 18.3. The van der Waals surface area contributed by atoms with E-state index in [0.717, 1.165) is 19.4 Å². The molecule has 0 aliphatic carbocycles. The summed E-state index contributed by atoms with van der Waals surface area (Å²) in [5.74, 6) is 0. The van der Waals surface area contributed by atoms with E-state index in [4.69, 9.17) is 0 Å². The van der Waals surface area contributed by atoms with Gasteiger partial charge in [-0.05, 0) is 44.4 Å². The first-order valence-electron chi connectivity index (χ1n) is 7.52. The van der Waals surface area contributed by atoms with Gasteiger partial charge in [-0.1, -0.05) is 66.6 Å². The van der Waals surface area contributed by atoms with Gasteiger partial charge in [0.1, 0.15) is 0 Å². The molecule has 0 aromatic heterocycles. The Bertz CT molecular complexity index is 463. The highest BCUT2D eigenvalue weighted by atomic mass is 14.9. The average molecular weight is 267 g/mol. The monoisotopic (exact) mass is 267 g/mol. The van der Waals surface area contributed by atoms with Gasteiger partial charge in [-0.15, -0.1) is 0 Å². The normalized spacial score (nSPS) is 11.0. The van der Waals surface area contributed by atoms with E-state index in [1.54, 1.807) is 0 Å². The molecule has 2 aromatic carbocycles. The minimum Gasteiger partial charge on any atom is -0.314 e. The zero-order valence-electron chi connectivity index (χ0n) is 12.8. The van der Waals surface area contributed by atoms with Crippen molar-refractivity contribution >= 4 is 0 Å². The van der Waals surface area contributed by atoms with E-state index in [1.807, 2.05) is 0 Å². The Balaban J connectivity index is 2.02. The fraction of sp³-hybridized carbons (Fsp3) is 0.368. The fourth-order valence-corrected chi connectivity index (χ4v) is 2.52. The van der Waals surface area contributed by atoms with Crippen LogP contribution in [0.25, 0.3) is 0 Å². The third-order valence-corrected chi connectivity index (χ3v) is 3.70. The molecule has 2 rings (SSSR count). The molecule has 106 valence electrons. The molecule has 1 heteroatoms. The maximum atomic E-state index is 3.61. The Morgan fingerprint density at radius 3 is 1.50 bits per heavy atom. The van der Waals surface area contributed by atoms with Gasteiger partial charge in [0.25, 0.3) is 0 Å². The highest BCUT2D eigenvalue weighted by molar-refractivity contribution is 5.25. The third kappa shape index (κ3) is 4.50. The van der Waals surface area contributed by atoms with Gasteiger partial charge in [-0.25, -0.2) is 0 Å². The van der Waals surface area contributed by atoms with Crippen LogP contribution in [0.2, 0.25) is 0 Å². The summed E-state index contributed by atoms with van der Waals surface area (Å²) in [4.78, 5) is 0. The first kappa shape index (κ1) is 14.8. The van der Waals surface area contributed by atoms with Gasteiger partial charge < -0.3 is 5.32 Å². The first-order valence-corrected chi connectivity index (χ1v) is 7.52. The van der Waals surface area contributed by atoms with Crippen molar-refractivity contribution in [3.8, 4) is 0 Å². The van der Waals surface area contributed by atoms with Gasteiger partial charge in [-0.2, -0.15) is 0 Å². The summed E-state index contributed by atoms with van der Waals surface area (Å²) in [6.07, 6.45) is 2.17. The zero-order valence-corrected chi connectivity index (χ0v) is 12.8. The van der Waals surface area contributed by atoms with Crippen LogP contribution in [0, 0.1) is 13.8 Å². The van der Waals surface area contributed by atoms with Crippen molar-refractivity contribution in [3.05, 3.63) is 70.8 Å². The molecule has 0 aliphatic heterocycles. The molecule has 0 aliphatic rings. The summed E-state index contributed by atoms with van der Waals surface area (Å²) in [7, 11) is 0. The van der Waals surface area contributed by atoms with Crippen molar-refractivity contribution in [2.45, 2.75) is 39.7 Å². The standard InChI is InChI=1S/C19H25N/c1-4-20-19(13-17-9-5-15(2)6-10-17)14-18-11-7-16(3)8-12-18/h5-12,19-20H,4,13-14H2,1-3H3. The van der Waals surface area contributed by atoms with Crippen LogP contribution in [0.1, 0.15) is 29.2 Å².